The first kappa shape index (κ1) is 20.0. The van der Waals surface area contributed by atoms with E-state index in [1.54, 1.807) is 12.1 Å². The van der Waals surface area contributed by atoms with Crippen LogP contribution in [-0.2, 0) is 14.8 Å². The molecule has 0 radical (unpaired) electrons. The predicted octanol–water partition coefficient (Wildman–Crippen LogP) is 4.62. The Morgan fingerprint density at radius 1 is 1.27 bits per heavy atom. The molecule has 1 aliphatic rings. The third-order valence-corrected chi connectivity index (χ3v) is 8.79. The van der Waals surface area contributed by atoms with Crippen LogP contribution in [0.25, 0.3) is 0 Å². The molecule has 1 aromatic carbocycles. The molecule has 1 saturated heterocycles. The number of thiophene rings is 1. The molecule has 2 aromatic rings. The number of nitrogens with zero attached hydrogens (tertiary/aromatic N) is 1. The second-order valence-electron chi connectivity index (χ2n) is 6.21. The fraction of sp³-hybridized carbons (Fsp3) is 0.353. The summed E-state index contributed by atoms with van der Waals surface area (Å²) in [7, 11) is -3.56. The van der Waals surface area contributed by atoms with Gasteiger partial charge < -0.3 is 5.32 Å². The predicted molar refractivity (Wildman–Crippen MR) is 111 cm³/mol. The average Bonchev–Trinajstić information content (AvgIpc) is 3.05. The molecule has 3 rings (SSSR count). The minimum absolute atomic E-state index is 0.136. The normalized spacial score (nSPS) is 18.7. The van der Waals surface area contributed by atoms with Crippen LogP contribution in [0.3, 0.4) is 0 Å². The summed E-state index contributed by atoms with van der Waals surface area (Å²) in [6.07, 6.45) is 1.35. The number of nitrogens with one attached hydrogen (secondary N) is 1. The van der Waals surface area contributed by atoms with Crippen LogP contribution in [0, 0.1) is 12.8 Å². The van der Waals surface area contributed by atoms with E-state index < -0.39 is 10.0 Å². The van der Waals surface area contributed by atoms with Crippen molar-refractivity contribution in [2.45, 2.75) is 24.0 Å². The highest BCUT2D eigenvalue weighted by molar-refractivity contribution is 9.11. The van der Waals surface area contributed by atoms with E-state index in [0.717, 1.165) is 19.5 Å². The van der Waals surface area contributed by atoms with Gasteiger partial charge in [-0.15, -0.1) is 11.3 Å². The second-order valence-corrected chi connectivity index (χ2v) is 11.8. The van der Waals surface area contributed by atoms with E-state index in [1.807, 2.05) is 25.1 Å². The Morgan fingerprint density at radius 3 is 2.69 bits per heavy atom. The van der Waals surface area contributed by atoms with E-state index in [4.69, 9.17) is 0 Å². The van der Waals surface area contributed by atoms with Crippen LogP contribution in [0.15, 0.2) is 42.8 Å². The number of benzene rings is 1. The largest absolute Gasteiger partial charge is 0.326 e. The highest BCUT2D eigenvalue weighted by Crippen LogP contribution is 2.31. The van der Waals surface area contributed by atoms with Gasteiger partial charge in [-0.2, -0.15) is 4.31 Å². The van der Waals surface area contributed by atoms with Crippen LogP contribution in [0.5, 0.6) is 0 Å². The van der Waals surface area contributed by atoms with E-state index in [0.29, 0.717) is 23.6 Å². The zero-order chi connectivity index (χ0) is 18.9. The Balaban J connectivity index is 1.72. The molecule has 26 heavy (non-hydrogen) atoms. The molecule has 1 fully saturated rings. The van der Waals surface area contributed by atoms with Crippen molar-refractivity contribution in [3.05, 3.63) is 44.2 Å². The molecule has 0 spiro atoms. The van der Waals surface area contributed by atoms with Gasteiger partial charge in [0.2, 0.25) is 5.91 Å². The number of sulfonamides is 1. The lowest BCUT2D eigenvalue weighted by molar-refractivity contribution is -0.120. The topological polar surface area (TPSA) is 66.5 Å². The summed E-state index contributed by atoms with van der Waals surface area (Å²) in [5, 5.41) is 2.94. The molecule has 0 bridgehead atoms. The first-order valence-electron chi connectivity index (χ1n) is 8.10. The summed E-state index contributed by atoms with van der Waals surface area (Å²) in [5.41, 5.74) is 1.71. The van der Waals surface area contributed by atoms with Gasteiger partial charge in [-0.1, -0.05) is 15.9 Å². The molecule has 2 heterocycles. The van der Waals surface area contributed by atoms with E-state index in [1.165, 1.54) is 15.6 Å². The number of rotatable bonds is 4. The molecule has 9 heteroatoms. The van der Waals surface area contributed by atoms with Crippen LogP contribution in [0.2, 0.25) is 0 Å². The molecule has 140 valence electrons. The van der Waals surface area contributed by atoms with Gasteiger partial charge >= 0.3 is 0 Å². The minimum atomic E-state index is -3.56. The van der Waals surface area contributed by atoms with Crippen LogP contribution in [-0.4, -0.2) is 31.7 Å². The first-order chi connectivity index (χ1) is 12.3. The number of amides is 1. The van der Waals surface area contributed by atoms with Crippen LogP contribution >= 0.6 is 43.2 Å². The number of piperidine rings is 1. The minimum Gasteiger partial charge on any atom is -0.326 e. The van der Waals surface area contributed by atoms with Gasteiger partial charge in [0.15, 0.2) is 0 Å². The molecule has 1 amide bonds. The zero-order valence-corrected chi connectivity index (χ0v) is 18.8. The number of carbonyl (C=O) groups excluding carboxylic acids is 1. The quantitative estimate of drug-likeness (QED) is 0.638. The number of anilines is 1. The molecule has 1 aliphatic heterocycles. The maximum Gasteiger partial charge on any atom is 0.252 e. The van der Waals surface area contributed by atoms with Gasteiger partial charge in [0.25, 0.3) is 10.0 Å². The summed E-state index contributed by atoms with van der Waals surface area (Å²) < 4.78 is 29.0. The maximum absolute atomic E-state index is 12.8. The third-order valence-electron chi connectivity index (χ3n) is 4.34. The molecule has 1 atom stereocenters. The van der Waals surface area contributed by atoms with Gasteiger partial charge in [-0.25, -0.2) is 8.42 Å². The smallest absolute Gasteiger partial charge is 0.252 e. The van der Waals surface area contributed by atoms with Gasteiger partial charge in [0.1, 0.15) is 4.21 Å². The fourth-order valence-electron chi connectivity index (χ4n) is 2.94. The highest BCUT2D eigenvalue weighted by Gasteiger charge is 2.34. The molecule has 5 nitrogen and oxygen atoms in total. The van der Waals surface area contributed by atoms with E-state index >= 15 is 0 Å². The van der Waals surface area contributed by atoms with Crippen molar-refractivity contribution in [2.75, 3.05) is 18.4 Å². The van der Waals surface area contributed by atoms with Crippen molar-refractivity contribution in [3.8, 4) is 0 Å². The van der Waals surface area contributed by atoms with Crippen molar-refractivity contribution in [1.82, 2.24) is 4.31 Å². The van der Waals surface area contributed by atoms with Crippen molar-refractivity contribution < 1.29 is 13.2 Å². The Kier molecular flexibility index (Phi) is 6.23. The Bertz CT molecular complexity index is 928. The number of carbonyl (C=O) groups is 1. The SMILES string of the molecule is Cc1cc(Br)ccc1NC(=O)[C@H]1CCCN(S(=O)(=O)c2ccc(Br)s2)C1. The number of hydrogen-bond acceptors (Lipinski definition) is 4. The monoisotopic (exact) mass is 520 g/mol. The molecular weight excluding hydrogens is 504 g/mol. The summed E-state index contributed by atoms with van der Waals surface area (Å²) in [6, 6.07) is 8.97. The second kappa shape index (κ2) is 8.10. The lowest BCUT2D eigenvalue weighted by Gasteiger charge is -2.30. The maximum atomic E-state index is 12.8. The van der Waals surface area contributed by atoms with E-state index in [2.05, 4.69) is 37.2 Å². The molecule has 1 aromatic heterocycles. The van der Waals surface area contributed by atoms with Crippen molar-refractivity contribution in [1.29, 1.82) is 0 Å². The molecule has 0 aliphatic carbocycles. The fourth-order valence-corrected chi connectivity index (χ4v) is 7.10. The van der Waals surface area contributed by atoms with Gasteiger partial charge in [0.05, 0.1) is 9.70 Å². The zero-order valence-electron chi connectivity index (χ0n) is 14.0. The van der Waals surface area contributed by atoms with Gasteiger partial charge in [-0.3, -0.25) is 4.79 Å². The number of halogens is 2. The highest BCUT2D eigenvalue weighted by atomic mass is 79.9. The lowest BCUT2D eigenvalue weighted by Crippen LogP contribution is -2.43. The number of aryl methyl sites for hydroxylation is 1. The van der Waals surface area contributed by atoms with Gasteiger partial charge in [-0.05, 0) is 71.6 Å². The summed E-state index contributed by atoms with van der Waals surface area (Å²) in [6.45, 7) is 2.57. The number of hydrogen-bond donors (Lipinski definition) is 1. The van der Waals surface area contributed by atoms with Crippen molar-refractivity contribution >= 4 is 64.8 Å². The molecule has 0 unspecified atom stereocenters. The van der Waals surface area contributed by atoms with Crippen molar-refractivity contribution in [2.24, 2.45) is 5.92 Å². The molecular formula is C17H18Br2N2O3S2. The lowest BCUT2D eigenvalue weighted by atomic mass is 9.98. The summed E-state index contributed by atoms with van der Waals surface area (Å²) >= 11 is 7.89. The average molecular weight is 522 g/mol. The summed E-state index contributed by atoms with van der Waals surface area (Å²) in [5.74, 6) is -0.493. The molecule has 0 saturated carbocycles. The van der Waals surface area contributed by atoms with Gasteiger partial charge in [0, 0.05) is 23.2 Å². The Hall–Kier alpha value is -0.740. The van der Waals surface area contributed by atoms with E-state index in [9.17, 15) is 13.2 Å². The standard InChI is InChI=1S/C17H18Br2N2O3S2/c1-11-9-13(18)4-5-14(11)20-17(22)12-3-2-8-21(10-12)26(23,24)16-7-6-15(19)25-16/h4-7,9,12H,2-3,8,10H2,1H3,(H,20,22)/t12-/m0/s1. The first-order valence-corrected chi connectivity index (χ1v) is 11.9. The van der Waals surface area contributed by atoms with Crippen LogP contribution in [0.1, 0.15) is 18.4 Å². The van der Waals surface area contributed by atoms with E-state index in [-0.39, 0.29) is 18.4 Å². The third kappa shape index (κ3) is 4.39. The Labute approximate surface area is 174 Å². The van der Waals surface area contributed by atoms with Crippen LogP contribution in [0.4, 0.5) is 5.69 Å². The summed E-state index contributed by atoms with van der Waals surface area (Å²) in [4.78, 5) is 12.7. The Morgan fingerprint density at radius 2 is 2.04 bits per heavy atom. The van der Waals surface area contributed by atoms with Crippen molar-refractivity contribution in [3.63, 3.8) is 0 Å². The molecule has 1 N–H and O–H groups in total. The van der Waals surface area contributed by atoms with Crippen LogP contribution < -0.4 is 5.32 Å².